The Bertz CT molecular complexity index is 5520. The summed E-state index contributed by atoms with van der Waals surface area (Å²) >= 11 is 3.69. The molecular formula is C83H54N2O2S2. The van der Waals surface area contributed by atoms with E-state index in [9.17, 15) is 0 Å². The van der Waals surface area contributed by atoms with Crippen molar-refractivity contribution in [1.82, 2.24) is 0 Å². The Morgan fingerprint density at radius 3 is 1.52 bits per heavy atom. The highest BCUT2D eigenvalue weighted by molar-refractivity contribution is 8.00. The minimum atomic E-state index is -0.0645. The highest BCUT2D eigenvalue weighted by Gasteiger charge is 2.36. The Balaban J connectivity index is 0.000000133. The van der Waals surface area contributed by atoms with Gasteiger partial charge in [-0.05, 0) is 188 Å². The third-order valence-corrected chi connectivity index (χ3v) is 20.7. The molecule has 0 saturated heterocycles. The maximum atomic E-state index is 6.48. The van der Waals surface area contributed by atoms with Gasteiger partial charge in [0.1, 0.15) is 22.3 Å². The van der Waals surface area contributed by atoms with Gasteiger partial charge >= 0.3 is 0 Å². The average Bonchev–Trinajstić information content (AvgIpc) is 1.82. The van der Waals surface area contributed by atoms with Crippen LogP contribution >= 0.6 is 23.5 Å². The zero-order valence-electron chi connectivity index (χ0n) is 48.7. The molecule has 0 bridgehead atoms. The van der Waals surface area contributed by atoms with Crippen molar-refractivity contribution in [1.29, 1.82) is 0 Å². The zero-order chi connectivity index (χ0) is 58.9. The number of furan rings is 2. The van der Waals surface area contributed by atoms with Gasteiger partial charge in [0.2, 0.25) is 0 Å². The van der Waals surface area contributed by atoms with Gasteiger partial charge in [-0.3, -0.25) is 0 Å². The Morgan fingerprint density at radius 2 is 0.775 bits per heavy atom. The summed E-state index contributed by atoms with van der Waals surface area (Å²) in [6.07, 6.45) is 0. The lowest BCUT2D eigenvalue weighted by molar-refractivity contribution is 0.660. The van der Waals surface area contributed by atoms with E-state index in [4.69, 9.17) is 8.83 Å². The lowest BCUT2D eigenvalue weighted by Gasteiger charge is -2.28. The van der Waals surface area contributed by atoms with E-state index in [1.54, 1.807) is 0 Å². The number of para-hydroxylation sites is 2. The number of fused-ring (bicyclic) bond motifs is 3. The van der Waals surface area contributed by atoms with E-state index in [0.717, 1.165) is 67.6 Å². The van der Waals surface area contributed by atoms with E-state index in [1.807, 2.05) is 23.5 Å². The van der Waals surface area contributed by atoms with Crippen LogP contribution in [-0.2, 0) is 5.41 Å². The van der Waals surface area contributed by atoms with E-state index in [2.05, 4.69) is 315 Å². The van der Waals surface area contributed by atoms with E-state index < -0.39 is 0 Å². The topological polar surface area (TPSA) is 32.8 Å². The van der Waals surface area contributed by atoms with E-state index in [-0.39, 0.29) is 5.41 Å². The summed E-state index contributed by atoms with van der Waals surface area (Å²) in [6, 6.07) is 105. The predicted octanol–water partition coefficient (Wildman–Crippen LogP) is 24.7. The number of benzene rings is 14. The first-order valence-corrected chi connectivity index (χ1v) is 32.0. The highest BCUT2D eigenvalue weighted by atomic mass is 32.2. The molecule has 3 aliphatic rings. The van der Waals surface area contributed by atoms with Crippen molar-refractivity contribution in [2.75, 3.05) is 9.80 Å². The molecule has 89 heavy (non-hydrogen) atoms. The Kier molecular flexibility index (Phi) is 11.8. The van der Waals surface area contributed by atoms with Crippen molar-refractivity contribution in [2.24, 2.45) is 0 Å². The lowest BCUT2D eigenvalue weighted by Crippen LogP contribution is -2.16. The normalized spacial score (nSPS) is 13.1. The number of anilines is 6. The minimum Gasteiger partial charge on any atom is -0.456 e. The Hall–Kier alpha value is -10.5. The molecule has 4 nitrogen and oxygen atoms in total. The first-order valence-electron chi connectivity index (χ1n) is 30.4. The monoisotopic (exact) mass is 1170 g/mol. The molecule has 0 atom stereocenters. The van der Waals surface area contributed by atoms with Crippen LogP contribution in [0, 0.1) is 0 Å². The second kappa shape index (κ2) is 20.3. The number of rotatable bonds is 9. The van der Waals surface area contributed by atoms with Crippen molar-refractivity contribution >= 4 is 123 Å². The maximum absolute atomic E-state index is 6.48. The van der Waals surface area contributed by atoms with E-state index in [0.29, 0.717) is 0 Å². The van der Waals surface area contributed by atoms with Crippen molar-refractivity contribution in [3.8, 4) is 44.5 Å². The van der Waals surface area contributed by atoms with Crippen LogP contribution in [-0.4, -0.2) is 0 Å². The zero-order valence-corrected chi connectivity index (χ0v) is 50.4. The fourth-order valence-electron chi connectivity index (χ4n) is 14.3. The number of hydrogen-bond acceptors (Lipinski definition) is 6. The summed E-state index contributed by atoms with van der Waals surface area (Å²) in [5.74, 6) is 0. The molecule has 0 unspecified atom stereocenters. The SMILES string of the molecule is CC1(C)c2ccccc2-c2ccc(N(c3ccccc3)c3ccc(-c4cc5oc6cccc7c6c5c5c(cccc45)S7)cc3)cc21.c1ccc(-c2ccc(N(c3ccccc3)c3cccc(-c4cc5c6c(c4)oc4ccc7cccc(c7c46)S5)c3)cc2)cc1. The summed E-state index contributed by atoms with van der Waals surface area (Å²) in [5.41, 5.74) is 23.0. The van der Waals surface area contributed by atoms with Crippen LogP contribution in [0.25, 0.3) is 110 Å². The highest BCUT2D eigenvalue weighted by Crippen LogP contribution is 2.55. The fraction of sp³-hybridized carbons (Fsp3) is 0.0361. The van der Waals surface area contributed by atoms with Gasteiger partial charge in [0.25, 0.3) is 0 Å². The molecule has 0 saturated carbocycles. The van der Waals surface area contributed by atoms with E-state index in [1.165, 1.54) is 107 Å². The molecule has 6 heteroatoms. The summed E-state index contributed by atoms with van der Waals surface area (Å²) in [4.78, 5) is 9.80. The van der Waals surface area contributed by atoms with Gasteiger partial charge in [-0.15, -0.1) is 0 Å². The van der Waals surface area contributed by atoms with Gasteiger partial charge in [-0.1, -0.05) is 207 Å². The van der Waals surface area contributed by atoms with Crippen LogP contribution in [0.3, 0.4) is 0 Å². The summed E-state index contributed by atoms with van der Waals surface area (Å²) in [5, 5.41) is 10.1. The molecule has 19 rings (SSSR count). The second-order valence-corrected chi connectivity index (χ2v) is 26.1. The van der Waals surface area contributed by atoms with Gasteiger partial charge < -0.3 is 18.6 Å². The fourth-order valence-corrected chi connectivity index (χ4v) is 16.7. The van der Waals surface area contributed by atoms with Crippen LogP contribution in [0.15, 0.2) is 320 Å². The summed E-state index contributed by atoms with van der Waals surface area (Å²) in [7, 11) is 0. The standard InChI is InChI=1S/C43H29NOS.C40H25NOS/c1-43(2)34-14-7-6-12-30(34)31-23-22-29(24-35(31)43)44(27-10-4-3-5-11-27)28-20-18-26(19-21-28)33-25-37-42-40-32(33)13-8-16-38(40)46-39-17-9-15-36(45-37)41(39)42;1-3-9-26(10-4-1)27-17-20-32(21-18-27)41(31-13-5-2-6-14-31)33-15-7-12-29(23-33)30-24-35-39-37(25-30)43-36-16-8-11-28-19-22-34(42-35)40(39)38(28)36/h3-25H,1-2H3;1-25H. The quantitative estimate of drug-likeness (QED) is 0.143. The van der Waals surface area contributed by atoms with Crippen LogP contribution in [0.2, 0.25) is 0 Å². The molecule has 0 spiro atoms. The predicted molar refractivity (Wildman–Crippen MR) is 374 cm³/mol. The van der Waals surface area contributed by atoms with Gasteiger partial charge in [0.15, 0.2) is 0 Å². The number of hydrogen-bond donors (Lipinski definition) is 0. The first kappa shape index (κ1) is 51.7. The van der Waals surface area contributed by atoms with E-state index >= 15 is 0 Å². The lowest BCUT2D eigenvalue weighted by atomic mass is 9.82. The first-order chi connectivity index (χ1) is 43.9. The summed E-state index contributed by atoms with van der Waals surface area (Å²) < 4.78 is 12.9. The summed E-state index contributed by atoms with van der Waals surface area (Å²) in [6.45, 7) is 4.69. The average molecular weight is 1180 g/mol. The molecule has 2 aliphatic heterocycles. The second-order valence-electron chi connectivity index (χ2n) is 23.9. The molecule has 1 aliphatic carbocycles. The Morgan fingerprint density at radius 1 is 0.270 bits per heavy atom. The number of nitrogens with zero attached hydrogens (tertiary/aromatic N) is 2. The molecule has 0 fully saturated rings. The smallest absolute Gasteiger partial charge is 0.137 e. The van der Waals surface area contributed by atoms with Crippen molar-refractivity contribution in [3.63, 3.8) is 0 Å². The maximum Gasteiger partial charge on any atom is 0.137 e. The molecular weight excluding hydrogens is 1120 g/mol. The third-order valence-electron chi connectivity index (χ3n) is 18.5. The third kappa shape index (κ3) is 8.31. The Labute approximate surface area is 523 Å². The van der Waals surface area contributed by atoms with Gasteiger partial charge in [0.05, 0.1) is 0 Å². The molecule has 0 radical (unpaired) electrons. The van der Waals surface area contributed by atoms with Crippen molar-refractivity contribution in [3.05, 3.63) is 302 Å². The van der Waals surface area contributed by atoms with Gasteiger partial charge in [-0.25, -0.2) is 0 Å². The molecule has 14 aromatic carbocycles. The molecule has 0 amide bonds. The molecule has 16 aromatic rings. The van der Waals surface area contributed by atoms with Crippen molar-refractivity contribution < 1.29 is 8.83 Å². The van der Waals surface area contributed by atoms with Gasteiger partial charge in [-0.2, -0.15) is 0 Å². The molecule has 4 heterocycles. The minimum absolute atomic E-state index is 0.0645. The molecule has 2 aromatic heterocycles. The molecule has 0 N–H and O–H groups in total. The largest absolute Gasteiger partial charge is 0.456 e. The van der Waals surface area contributed by atoms with Crippen molar-refractivity contribution in [2.45, 2.75) is 38.8 Å². The van der Waals surface area contributed by atoms with Crippen LogP contribution in [0.1, 0.15) is 25.0 Å². The van der Waals surface area contributed by atoms with Gasteiger partial charge in [0, 0.05) is 91.4 Å². The molecule has 420 valence electrons. The van der Waals surface area contributed by atoms with Crippen LogP contribution in [0.5, 0.6) is 0 Å². The van der Waals surface area contributed by atoms with Crippen LogP contribution < -0.4 is 9.80 Å². The van der Waals surface area contributed by atoms with Crippen LogP contribution in [0.4, 0.5) is 34.1 Å².